The molecule has 0 aliphatic heterocycles. The fraction of sp³-hybridized carbons (Fsp3) is 0.167. The minimum absolute atomic E-state index is 0.00731. The van der Waals surface area contributed by atoms with Gasteiger partial charge in [0.05, 0.1) is 16.2 Å². The van der Waals surface area contributed by atoms with E-state index in [-0.39, 0.29) is 17.3 Å². The Balaban J connectivity index is 1.72. The normalized spacial score (nSPS) is 11.3. The van der Waals surface area contributed by atoms with E-state index in [1.165, 1.54) is 25.1 Å². The quantitative estimate of drug-likeness (QED) is 0.422. The SMILES string of the molecule is C[C@H](Oc1ccccc1[N+](=O)[O-])C(=O)Nc1ccccc1C(=O)N(C)Cc1ccccc1. The van der Waals surface area contributed by atoms with Crippen molar-refractivity contribution in [2.24, 2.45) is 0 Å². The fourth-order valence-electron chi connectivity index (χ4n) is 3.10. The molecule has 1 N–H and O–H groups in total. The monoisotopic (exact) mass is 433 g/mol. The smallest absolute Gasteiger partial charge is 0.310 e. The van der Waals surface area contributed by atoms with Crippen molar-refractivity contribution in [2.75, 3.05) is 12.4 Å². The van der Waals surface area contributed by atoms with Crippen LogP contribution >= 0.6 is 0 Å². The molecule has 32 heavy (non-hydrogen) atoms. The summed E-state index contributed by atoms with van der Waals surface area (Å²) in [5.74, 6) is -0.793. The van der Waals surface area contributed by atoms with Gasteiger partial charge in [-0.3, -0.25) is 19.7 Å². The van der Waals surface area contributed by atoms with Crippen molar-refractivity contribution in [3.63, 3.8) is 0 Å². The Hall–Kier alpha value is -4.20. The molecule has 0 aliphatic carbocycles. The first kappa shape index (κ1) is 22.5. The molecule has 0 saturated heterocycles. The maximum absolute atomic E-state index is 13.0. The van der Waals surface area contributed by atoms with Crippen LogP contribution in [0.3, 0.4) is 0 Å². The number of nitrogens with zero attached hydrogens (tertiary/aromatic N) is 2. The van der Waals surface area contributed by atoms with Gasteiger partial charge in [0.1, 0.15) is 0 Å². The summed E-state index contributed by atoms with van der Waals surface area (Å²) in [6.07, 6.45) is -1.03. The van der Waals surface area contributed by atoms with Crippen LogP contribution in [0.5, 0.6) is 5.75 Å². The highest BCUT2D eigenvalue weighted by Gasteiger charge is 2.23. The second-order valence-corrected chi connectivity index (χ2v) is 7.17. The van der Waals surface area contributed by atoms with Gasteiger partial charge in [0.25, 0.3) is 11.8 Å². The number of para-hydroxylation sites is 3. The first-order valence-electron chi connectivity index (χ1n) is 9.96. The standard InChI is InChI=1S/C24H23N3O5/c1-17(32-22-15-9-8-14-21(22)27(30)31)23(28)25-20-13-7-6-12-19(20)24(29)26(2)16-18-10-4-3-5-11-18/h3-15,17H,16H2,1-2H3,(H,25,28)/t17-/m0/s1. The minimum Gasteiger partial charge on any atom is -0.474 e. The molecule has 0 heterocycles. The summed E-state index contributed by atoms with van der Waals surface area (Å²) in [6.45, 7) is 1.90. The highest BCUT2D eigenvalue weighted by atomic mass is 16.6. The molecular weight excluding hydrogens is 410 g/mol. The number of rotatable bonds is 8. The van der Waals surface area contributed by atoms with Gasteiger partial charge in [-0.2, -0.15) is 0 Å². The van der Waals surface area contributed by atoms with Gasteiger partial charge in [-0.15, -0.1) is 0 Å². The molecule has 0 aromatic heterocycles. The van der Waals surface area contributed by atoms with E-state index in [1.54, 1.807) is 42.3 Å². The predicted molar refractivity (Wildman–Crippen MR) is 120 cm³/mol. The number of carbonyl (C=O) groups is 2. The van der Waals surface area contributed by atoms with Crippen LogP contribution in [0.1, 0.15) is 22.8 Å². The lowest BCUT2D eigenvalue weighted by Crippen LogP contribution is -2.32. The first-order valence-corrected chi connectivity index (χ1v) is 9.96. The van der Waals surface area contributed by atoms with E-state index >= 15 is 0 Å². The maximum atomic E-state index is 13.0. The average Bonchev–Trinajstić information content (AvgIpc) is 2.79. The van der Waals surface area contributed by atoms with Gasteiger partial charge >= 0.3 is 5.69 Å². The van der Waals surface area contributed by atoms with Gasteiger partial charge < -0.3 is 15.0 Å². The van der Waals surface area contributed by atoms with Crippen LogP contribution in [0.15, 0.2) is 78.9 Å². The Bertz CT molecular complexity index is 1120. The van der Waals surface area contributed by atoms with Crippen molar-refractivity contribution >= 4 is 23.2 Å². The number of nitro benzene ring substituents is 1. The molecule has 2 amide bonds. The number of amides is 2. The van der Waals surface area contributed by atoms with E-state index in [1.807, 2.05) is 30.3 Å². The Morgan fingerprint density at radius 1 is 1.00 bits per heavy atom. The van der Waals surface area contributed by atoms with Gasteiger partial charge in [-0.05, 0) is 30.7 Å². The van der Waals surface area contributed by atoms with Crippen molar-refractivity contribution in [1.29, 1.82) is 0 Å². The zero-order valence-electron chi connectivity index (χ0n) is 17.7. The molecule has 164 valence electrons. The van der Waals surface area contributed by atoms with Gasteiger partial charge in [-0.25, -0.2) is 0 Å². The first-order chi connectivity index (χ1) is 15.4. The van der Waals surface area contributed by atoms with Crippen LogP contribution in [0, 0.1) is 10.1 Å². The van der Waals surface area contributed by atoms with Crippen LogP contribution in [0.25, 0.3) is 0 Å². The lowest BCUT2D eigenvalue weighted by molar-refractivity contribution is -0.386. The molecule has 0 spiro atoms. The molecule has 0 saturated carbocycles. The average molecular weight is 433 g/mol. The lowest BCUT2D eigenvalue weighted by Gasteiger charge is -2.20. The van der Waals surface area contributed by atoms with Gasteiger partial charge in [0.15, 0.2) is 11.9 Å². The summed E-state index contributed by atoms with van der Waals surface area (Å²) in [6, 6.07) is 22.1. The fourth-order valence-corrected chi connectivity index (χ4v) is 3.10. The molecule has 8 nitrogen and oxygen atoms in total. The second-order valence-electron chi connectivity index (χ2n) is 7.17. The molecule has 3 aromatic rings. The van der Waals surface area contributed by atoms with Crippen LogP contribution in [0.2, 0.25) is 0 Å². The number of benzene rings is 3. The molecule has 0 aliphatic rings. The molecule has 8 heteroatoms. The Morgan fingerprint density at radius 2 is 1.62 bits per heavy atom. The summed E-state index contributed by atoms with van der Waals surface area (Å²) >= 11 is 0. The van der Waals surface area contributed by atoms with Crippen molar-refractivity contribution in [3.8, 4) is 5.75 Å². The van der Waals surface area contributed by atoms with Gasteiger partial charge in [0.2, 0.25) is 0 Å². The molecule has 0 bridgehead atoms. The number of ether oxygens (including phenoxy) is 1. The Kier molecular flexibility index (Phi) is 7.17. The number of nitrogens with one attached hydrogen (secondary N) is 1. The molecule has 0 radical (unpaired) electrons. The Labute approximate surface area is 185 Å². The summed E-state index contributed by atoms with van der Waals surface area (Å²) in [7, 11) is 1.69. The number of nitro groups is 1. The van der Waals surface area contributed by atoms with Crippen LogP contribution in [-0.2, 0) is 11.3 Å². The highest BCUT2D eigenvalue weighted by molar-refractivity contribution is 6.04. The minimum atomic E-state index is -1.03. The molecule has 3 rings (SSSR count). The van der Waals surface area contributed by atoms with E-state index in [0.29, 0.717) is 17.8 Å². The number of hydrogen-bond donors (Lipinski definition) is 1. The topological polar surface area (TPSA) is 102 Å². The predicted octanol–water partition coefficient (Wildman–Crippen LogP) is 4.27. The van der Waals surface area contributed by atoms with E-state index in [2.05, 4.69) is 5.32 Å². The van der Waals surface area contributed by atoms with E-state index in [4.69, 9.17) is 4.74 Å². The summed E-state index contributed by atoms with van der Waals surface area (Å²) in [5, 5.41) is 13.9. The van der Waals surface area contributed by atoms with E-state index in [9.17, 15) is 19.7 Å². The molecule has 1 atom stereocenters. The Morgan fingerprint density at radius 3 is 2.34 bits per heavy atom. The maximum Gasteiger partial charge on any atom is 0.310 e. The van der Waals surface area contributed by atoms with Crippen molar-refractivity contribution in [3.05, 3.63) is 100 Å². The summed E-state index contributed by atoms with van der Waals surface area (Å²) < 4.78 is 5.52. The number of anilines is 1. The second kappa shape index (κ2) is 10.2. The van der Waals surface area contributed by atoms with Gasteiger partial charge in [-0.1, -0.05) is 54.6 Å². The van der Waals surface area contributed by atoms with E-state index < -0.39 is 16.9 Å². The lowest BCUT2D eigenvalue weighted by atomic mass is 10.1. The molecular formula is C24H23N3O5. The van der Waals surface area contributed by atoms with Crippen molar-refractivity contribution in [2.45, 2.75) is 19.6 Å². The third-order valence-corrected chi connectivity index (χ3v) is 4.76. The molecule has 0 fully saturated rings. The molecule has 0 unspecified atom stereocenters. The van der Waals surface area contributed by atoms with Crippen LogP contribution in [-0.4, -0.2) is 34.8 Å². The third kappa shape index (κ3) is 5.48. The number of carbonyl (C=O) groups excluding carboxylic acids is 2. The summed E-state index contributed by atoms with van der Waals surface area (Å²) in [5.41, 5.74) is 1.42. The zero-order valence-corrected chi connectivity index (χ0v) is 17.7. The number of hydrogen-bond acceptors (Lipinski definition) is 5. The zero-order chi connectivity index (χ0) is 23.1. The van der Waals surface area contributed by atoms with Gasteiger partial charge in [0, 0.05) is 19.7 Å². The van der Waals surface area contributed by atoms with E-state index in [0.717, 1.165) is 5.56 Å². The van der Waals surface area contributed by atoms with Crippen LogP contribution in [0.4, 0.5) is 11.4 Å². The van der Waals surface area contributed by atoms with Crippen LogP contribution < -0.4 is 10.1 Å². The summed E-state index contributed by atoms with van der Waals surface area (Å²) in [4.78, 5) is 37.9. The largest absolute Gasteiger partial charge is 0.474 e. The van der Waals surface area contributed by atoms with Crippen molar-refractivity contribution in [1.82, 2.24) is 4.90 Å². The molecule has 3 aromatic carbocycles. The third-order valence-electron chi connectivity index (χ3n) is 4.76. The van der Waals surface area contributed by atoms with Crippen molar-refractivity contribution < 1.29 is 19.2 Å². The highest BCUT2D eigenvalue weighted by Crippen LogP contribution is 2.27.